The first-order valence-corrected chi connectivity index (χ1v) is 8.56. The Labute approximate surface area is 130 Å². The molecule has 2 aromatic rings. The molecule has 3 rings (SSSR count). The molecular formula is C17H22N2OS. The van der Waals surface area contributed by atoms with Crippen LogP contribution in [0.1, 0.15) is 42.6 Å². The molecule has 3 nitrogen and oxygen atoms in total. The van der Waals surface area contributed by atoms with E-state index < -0.39 is 0 Å². The minimum absolute atomic E-state index is 0.367. The van der Waals surface area contributed by atoms with Crippen molar-refractivity contribution in [2.24, 2.45) is 0 Å². The summed E-state index contributed by atoms with van der Waals surface area (Å²) in [7, 11) is 0. The lowest BCUT2D eigenvalue weighted by molar-refractivity contribution is 0.447. The zero-order chi connectivity index (χ0) is 14.7. The summed E-state index contributed by atoms with van der Waals surface area (Å²) in [5, 5.41) is 4.92. The maximum absolute atomic E-state index is 5.55. The van der Waals surface area contributed by atoms with Crippen LogP contribution in [0.25, 0.3) is 0 Å². The maximum Gasteiger partial charge on any atom is 0.256 e. The SMILES string of the molecule is CCNC1c2ccccc2CCCC1Sc1nc(C)co1. The number of aryl methyl sites for hydroxylation is 2. The van der Waals surface area contributed by atoms with Crippen LogP contribution in [0.4, 0.5) is 0 Å². The summed E-state index contributed by atoms with van der Waals surface area (Å²) in [6.45, 7) is 5.11. The molecule has 0 spiro atoms. The molecule has 0 fully saturated rings. The van der Waals surface area contributed by atoms with Gasteiger partial charge in [0.2, 0.25) is 0 Å². The summed E-state index contributed by atoms with van der Waals surface area (Å²) >= 11 is 1.77. The van der Waals surface area contributed by atoms with Gasteiger partial charge in [-0.25, -0.2) is 4.98 Å². The second-order valence-electron chi connectivity index (χ2n) is 5.54. The number of rotatable bonds is 4. The summed E-state index contributed by atoms with van der Waals surface area (Å²) < 4.78 is 5.55. The monoisotopic (exact) mass is 302 g/mol. The lowest BCUT2D eigenvalue weighted by atomic mass is 9.99. The number of fused-ring (bicyclic) bond motifs is 1. The molecule has 1 aromatic heterocycles. The van der Waals surface area contributed by atoms with Crippen LogP contribution in [-0.2, 0) is 6.42 Å². The standard InChI is InChI=1S/C17H22N2OS/c1-3-18-16-14-9-5-4-7-13(14)8-6-10-15(16)21-17-19-12(2)11-20-17/h4-5,7,9,11,15-16,18H,3,6,8,10H2,1-2H3. The third-order valence-electron chi connectivity index (χ3n) is 3.97. The van der Waals surface area contributed by atoms with E-state index in [1.807, 2.05) is 6.92 Å². The zero-order valence-corrected chi connectivity index (χ0v) is 13.5. The molecule has 1 aliphatic carbocycles. The van der Waals surface area contributed by atoms with Crippen molar-refractivity contribution in [3.63, 3.8) is 0 Å². The molecule has 21 heavy (non-hydrogen) atoms. The van der Waals surface area contributed by atoms with E-state index in [-0.39, 0.29) is 0 Å². The number of hydrogen-bond acceptors (Lipinski definition) is 4. The third kappa shape index (κ3) is 3.33. The summed E-state index contributed by atoms with van der Waals surface area (Å²) in [5.41, 5.74) is 3.87. The van der Waals surface area contributed by atoms with Gasteiger partial charge in [-0.2, -0.15) is 0 Å². The van der Waals surface area contributed by atoms with Gasteiger partial charge in [0.1, 0.15) is 6.26 Å². The summed E-state index contributed by atoms with van der Waals surface area (Å²) in [6.07, 6.45) is 5.30. The molecule has 0 aliphatic heterocycles. The van der Waals surface area contributed by atoms with Gasteiger partial charge in [0, 0.05) is 11.3 Å². The van der Waals surface area contributed by atoms with Gasteiger partial charge >= 0.3 is 0 Å². The Bertz CT molecular complexity index is 596. The van der Waals surface area contributed by atoms with Gasteiger partial charge in [0.15, 0.2) is 0 Å². The fourth-order valence-corrected chi connectivity index (χ4v) is 4.25. The molecular weight excluding hydrogens is 280 g/mol. The minimum Gasteiger partial charge on any atom is -0.440 e. The van der Waals surface area contributed by atoms with Crippen LogP contribution in [-0.4, -0.2) is 16.8 Å². The van der Waals surface area contributed by atoms with E-state index in [9.17, 15) is 0 Å². The highest BCUT2D eigenvalue weighted by atomic mass is 32.2. The lowest BCUT2D eigenvalue weighted by Crippen LogP contribution is -2.29. The van der Waals surface area contributed by atoms with Crippen LogP contribution >= 0.6 is 11.8 Å². The van der Waals surface area contributed by atoms with Gasteiger partial charge < -0.3 is 9.73 Å². The summed E-state index contributed by atoms with van der Waals surface area (Å²) in [6, 6.07) is 9.19. The van der Waals surface area contributed by atoms with Gasteiger partial charge in [-0.15, -0.1) is 0 Å². The number of hydrogen-bond donors (Lipinski definition) is 1. The van der Waals surface area contributed by atoms with Crippen LogP contribution < -0.4 is 5.32 Å². The third-order valence-corrected chi connectivity index (χ3v) is 5.17. The average Bonchev–Trinajstić information content (AvgIpc) is 2.81. The Morgan fingerprint density at radius 3 is 3.00 bits per heavy atom. The second-order valence-corrected chi connectivity index (χ2v) is 6.73. The molecule has 4 heteroatoms. The maximum atomic E-state index is 5.55. The number of thioether (sulfide) groups is 1. The number of aromatic nitrogens is 1. The zero-order valence-electron chi connectivity index (χ0n) is 12.6. The Balaban J connectivity index is 1.88. The molecule has 2 unspecified atom stereocenters. The van der Waals surface area contributed by atoms with E-state index in [0.29, 0.717) is 11.3 Å². The van der Waals surface area contributed by atoms with Crippen molar-refractivity contribution in [2.45, 2.75) is 49.6 Å². The molecule has 112 valence electrons. The molecule has 0 bridgehead atoms. The van der Waals surface area contributed by atoms with Gasteiger partial charge in [-0.1, -0.05) is 43.0 Å². The quantitative estimate of drug-likeness (QED) is 0.862. The predicted molar refractivity (Wildman–Crippen MR) is 86.7 cm³/mol. The van der Waals surface area contributed by atoms with Crippen LogP contribution in [0.2, 0.25) is 0 Å². The average molecular weight is 302 g/mol. The number of benzene rings is 1. The van der Waals surface area contributed by atoms with Gasteiger partial charge in [0.25, 0.3) is 5.22 Å². The van der Waals surface area contributed by atoms with Crippen LogP contribution in [0.5, 0.6) is 0 Å². The van der Waals surface area contributed by atoms with E-state index in [4.69, 9.17) is 4.42 Å². The van der Waals surface area contributed by atoms with E-state index in [0.717, 1.165) is 17.5 Å². The van der Waals surface area contributed by atoms with Crippen LogP contribution in [0, 0.1) is 6.92 Å². The Hall–Kier alpha value is -1.26. The van der Waals surface area contributed by atoms with Gasteiger partial charge in [0.05, 0.1) is 5.69 Å². The Morgan fingerprint density at radius 2 is 2.24 bits per heavy atom. The van der Waals surface area contributed by atoms with E-state index >= 15 is 0 Å². The first-order chi connectivity index (χ1) is 10.3. The molecule has 1 heterocycles. The highest BCUT2D eigenvalue weighted by Crippen LogP contribution is 2.38. The van der Waals surface area contributed by atoms with Crippen molar-refractivity contribution in [3.8, 4) is 0 Å². The predicted octanol–water partition coefficient (Wildman–Crippen LogP) is 4.13. The summed E-state index contributed by atoms with van der Waals surface area (Å²) in [4.78, 5) is 4.45. The summed E-state index contributed by atoms with van der Waals surface area (Å²) in [5.74, 6) is 0. The van der Waals surface area contributed by atoms with Crippen molar-refractivity contribution in [1.82, 2.24) is 10.3 Å². The number of oxazole rings is 1. The van der Waals surface area contributed by atoms with Crippen molar-refractivity contribution in [3.05, 3.63) is 47.3 Å². The highest BCUT2D eigenvalue weighted by Gasteiger charge is 2.29. The Kier molecular flexibility index (Phi) is 4.66. The molecule has 2 atom stereocenters. The number of nitrogens with zero attached hydrogens (tertiary/aromatic N) is 1. The highest BCUT2D eigenvalue weighted by molar-refractivity contribution is 7.99. The van der Waals surface area contributed by atoms with Gasteiger partial charge in [-0.05, 0) is 43.9 Å². The Morgan fingerprint density at radius 1 is 1.38 bits per heavy atom. The van der Waals surface area contributed by atoms with E-state index in [2.05, 4.69) is 41.5 Å². The molecule has 1 aromatic carbocycles. The van der Waals surface area contributed by atoms with E-state index in [1.54, 1.807) is 18.0 Å². The van der Waals surface area contributed by atoms with Crippen molar-refractivity contribution >= 4 is 11.8 Å². The van der Waals surface area contributed by atoms with E-state index in [1.165, 1.54) is 30.4 Å². The smallest absolute Gasteiger partial charge is 0.256 e. The van der Waals surface area contributed by atoms with Crippen molar-refractivity contribution < 1.29 is 4.42 Å². The molecule has 0 saturated carbocycles. The topological polar surface area (TPSA) is 38.1 Å². The molecule has 1 aliphatic rings. The van der Waals surface area contributed by atoms with Crippen LogP contribution in [0.3, 0.4) is 0 Å². The molecule has 0 radical (unpaired) electrons. The minimum atomic E-state index is 0.367. The molecule has 1 N–H and O–H groups in total. The molecule has 0 amide bonds. The fraction of sp³-hybridized carbons (Fsp3) is 0.471. The van der Waals surface area contributed by atoms with Crippen molar-refractivity contribution in [2.75, 3.05) is 6.54 Å². The fourth-order valence-electron chi connectivity index (χ4n) is 3.03. The second kappa shape index (κ2) is 6.67. The largest absolute Gasteiger partial charge is 0.440 e. The van der Waals surface area contributed by atoms with Crippen molar-refractivity contribution in [1.29, 1.82) is 0 Å². The normalized spacial score (nSPS) is 21.8. The molecule has 0 saturated heterocycles. The van der Waals surface area contributed by atoms with Gasteiger partial charge in [-0.3, -0.25) is 0 Å². The van der Waals surface area contributed by atoms with Crippen LogP contribution in [0.15, 0.2) is 40.2 Å². The first kappa shape index (κ1) is 14.7. The lowest BCUT2D eigenvalue weighted by Gasteiger charge is -2.26. The number of nitrogens with one attached hydrogen (secondary N) is 1. The first-order valence-electron chi connectivity index (χ1n) is 7.68.